The number of fused-ring (bicyclic) bond motifs is 1. The molecule has 4 rings (SSSR count). The Morgan fingerprint density at radius 2 is 1.72 bits per heavy atom. The number of nitrogens with zero attached hydrogens (tertiary/aromatic N) is 2. The van der Waals surface area contributed by atoms with E-state index in [4.69, 9.17) is 0 Å². The summed E-state index contributed by atoms with van der Waals surface area (Å²) in [5.74, 6) is 0.125. The molecule has 1 aliphatic rings. The highest BCUT2D eigenvalue weighted by molar-refractivity contribution is 6.01. The molecular formula is C21H21N3O. The summed E-state index contributed by atoms with van der Waals surface area (Å²) < 4.78 is 0. The molecule has 0 aliphatic carbocycles. The van der Waals surface area contributed by atoms with Crippen molar-refractivity contribution in [3.63, 3.8) is 0 Å². The Kier molecular flexibility index (Phi) is 4.32. The predicted molar refractivity (Wildman–Crippen MR) is 99.9 cm³/mol. The first-order chi connectivity index (χ1) is 12.2. The van der Waals surface area contributed by atoms with Gasteiger partial charge in [0, 0.05) is 19.2 Å². The van der Waals surface area contributed by atoms with Gasteiger partial charge in [-0.05, 0) is 22.4 Å². The molecule has 1 N–H and O–H groups in total. The average Bonchev–Trinajstić information content (AvgIpc) is 3.02. The number of likely N-dealkylation sites (N-methyl/N-ethyl adjacent to an activating group) is 1. The standard InChI is InChI=1S/C21H21N3O/c1-23-20(17-8-3-2-4-9-17)14-24(22-23)15-21(25)19-12-11-16-7-5-6-10-18(16)13-19/h2-13,20,22H,14-15H2,1H3. The Morgan fingerprint density at radius 3 is 2.52 bits per heavy atom. The first kappa shape index (κ1) is 16.0. The van der Waals surface area contributed by atoms with Gasteiger partial charge in [-0.2, -0.15) is 5.53 Å². The zero-order valence-electron chi connectivity index (χ0n) is 14.2. The Morgan fingerprint density at radius 1 is 1.00 bits per heavy atom. The van der Waals surface area contributed by atoms with E-state index in [0.29, 0.717) is 6.54 Å². The lowest BCUT2D eigenvalue weighted by Gasteiger charge is -2.18. The molecule has 1 heterocycles. The third kappa shape index (κ3) is 3.33. The summed E-state index contributed by atoms with van der Waals surface area (Å²) in [7, 11) is 2.01. The molecule has 1 atom stereocenters. The zero-order valence-corrected chi connectivity index (χ0v) is 14.2. The van der Waals surface area contributed by atoms with Gasteiger partial charge in [-0.3, -0.25) is 4.79 Å². The molecule has 3 aromatic carbocycles. The number of nitrogens with one attached hydrogen (secondary N) is 1. The van der Waals surface area contributed by atoms with E-state index >= 15 is 0 Å². The highest BCUT2D eigenvalue weighted by Gasteiger charge is 2.29. The second-order valence-electron chi connectivity index (χ2n) is 6.50. The monoisotopic (exact) mass is 331 g/mol. The molecule has 1 unspecified atom stereocenters. The Labute approximate surface area is 147 Å². The van der Waals surface area contributed by atoms with E-state index in [1.807, 2.05) is 66.7 Å². The Bertz CT molecular complexity index is 894. The van der Waals surface area contributed by atoms with Crippen molar-refractivity contribution in [2.24, 2.45) is 0 Å². The summed E-state index contributed by atoms with van der Waals surface area (Å²) in [6.45, 7) is 1.13. The van der Waals surface area contributed by atoms with Gasteiger partial charge in [0.15, 0.2) is 5.78 Å². The molecule has 1 saturated heterocycles. The molecule has 4 nitrogen and oxygen atoms in total. The van der Waals surface area contributed by atoms with Gasteiger partial charge < -0.3 is 0 Å². The summed E-state index contributed by atoms with van der Waals surface area (Å²) in [6, 6.07) is 24.6. The maximum absolute atomic E-state index is 12.7. The minimum atomic E-state index is 0.125. The second kappa shape index (κ2) is 6.76. The molecule has 1 aliphatic heterocycles. The van der Waals surface area contributed by atoms with Crippen LogP contribution in [0.15, 0.2) is 72.8 Å². The largest absolute Gasteiger partial charge is 0.293 e. The van der Waals surface area contributed by atoms with Gasteiger partial charge in [0.2, 0.25) is 0 Å². The molecule has 126 valence electrons. The summed E-state index contributed by atoms with van der Waals surface area (Å²) in [4.78, 5) is 12.7. The first-order valence-electron chi connectivity index (χ1n) is 8.52. The third-order valence-electron chi connectivity index (χ3n) is 4.75. The minimum Gasteiger partial charge on any atom is -0.293 e. The molecule has 0 bridgehead atoms. The molecule has 1 fully saturated rings. The van der Waals surface area contributed by atoms with Crippen LogP contribution in [-0.4, -0.2) is 35.9 Å². The van der Waals surface area contributed by atoms with Gasteiger partial charge in [-0.15, -0.1) is 0 Å². The number of hydrogen-bond acceptors (Lipinski definition) is 4. The molecule has 0 saturated carbocycles. The van der Waals surface area contributed by atoms with Crippen LogP contribution in [0.25, 0.3) is 10.8 Å². The molecule has 0 radical (unpaired) electrons. The predicted octanol–water partition coefficient (Wildman–Crippen LogP) is 3.43. The van der Waals surface area contributed by atoms with E-state index in [1.165, 1.54) is 5.56 Å². The topological polar surface area (TPSA) is 35.6 Å². The zero-order chi connectivity index (χ0) is 17.2. The molecule has 3 aromatic rings. The lowest BCUT2D eigenvalue weighted by Crippen LogP contribution is -2.40. The number of benzene rings is 3. The lowest BCUT2D eigenvalue weighted by molar-refractivity contribution is 0.0841. The minimum absolute atomic E-state index is 0.125. The smallest absolute Gasteiger partial charge is 0.178 e. The average molecular weight is 331 g/mol. The lowest BCUT2D eigenvalue weighted by atomic mass is 10.0. The quantitative estimate of drug-likeness (QED) is 0.743. The van der Waals surface area contributed by atoms with E-state index in [-0.39, 0.29) is 11.8 Å². The van der Waals surface area contributed by atoms with E-state index in [2.05, 4.69) is 28.7 Å². The second-order valence-corrected chi connectivity index (χ2v) is 6.50. The van der Waals surface area contributed by atoms with Gasteiger partial charge in [-0.1, -0.05) is 66.7 Å². The summed E-state index contributed by atoms with van der Waals surface area (Å²) in [6.07, 6.45) is 0. The van der Waals surface area contributed by atoms with E-state index in [9.17, 15) is 4.79 Å². The van der Waals surface area contributed by atoms with Crippen molar-refractivity contribution < 1.29 is 4.79 Å². The highest BCUT2D eigenvalue weighted by Crippen LogP contribution is 2.23. The van der Waals surface area contributed by atoms with Crippen molar-refractivity contribution in [3.8, 4) is 0 Å². The molecule has 25 heavy (non-hydrogen) atoms. The molecular weight excluding hydrogens is 310 g/mol. The van der Waals surface area contributed by atoms with Crippen molar-refractivity contribution in [1.29, 1.82) is 0 Å². The van der Waals surface area contributed by atoms with Crippen LogP contribution < -0.4 is 5.53 Å². The van der Waals surface area contributed by atoms with Crippen molar-refractivity contribution in [1.82, 2.24) is 15.6 Å². The van der Waals surface area contributed by atoms with Gasteiger partial charge in [0.25, 0.3) is 0 Å². The van der Waals surface area contributed by atoms with E-state index in [0.717, 1.165) is 22.9 Å². The fourth-order valence-electron chi connectivity index (χ4n) is 3.40. The summed E-state index contributed by atoms with van der Waals surface area (Å²) in [5.41, 5.74) is 5.29. The van der Waals surface area contributed by atoms with Crippen LogP contribution in [0, 0.1) is 0 Å². The van der Waals surface area contributed by atoms with Crippen molar-refractivity contribution in [2.45, 2.75) is 6.04 Å². The van der Waals surface area contributed by atoms with Gasteiger partial charge in [0.1, 0.15) is 0 Å². The van der Waals surface area contributed by atoms with Crippen LogP contribution in [0.1, 0.15) is 22.0 Å². The van der Waals surface area contributed by atoms with Gasteiger partial charge in [0.05, 0.1) is 12.6 Å². The van der Waals surface area contributed by atoms with Crippen molar-refractivity contribution in [3.05, 3.63) is 83.9 Å². The van der Waals surface area contributed by atoms with Crippen LogP contribution >= 0.6 is 0 Å². The number of hydrogen-bond donors (Lipinski definition) is 1. The molecule has 4 heteroatoms. The number of rotatable bonds is 4. The van der Waals surface area contributed by atoms with Gasteiger partial charge >= 0.3 is 0 Å². The van der Waals surface area contributed by atoms with E-state index in [1.54, 1.807) is 0 Å². The maximum Gasteiger partial charge on any atom is 0.178 e. The fraction of sp³-hybridized carbons (Fsp3) is 0.190. The Balaban J connectivity index is 1.47. The van der Waals surface area contributed by atoms with Crippen molar-refractivity contribution >= 4 is 16.6 Å². The van der Waals surface area contributed by atoms with Crippen molar-refractivity contribution in [2.75, 3.05) is 20.1 Å². The molecule has 0 amide bonds. The van der Waals surface area contributed by atoms with E-state index < -0.39 is 0 Å². The maximum atomic E-state index is 12.7. The summed E-state index contributed by atoms with van der Waals surface area (Å²) in [5, 5.41) is 6.29. The third-order valence-corrected chi connectivity index (χ3v) is 4.75. The fourth-order valence-corrected chi connectivity index (χ4v) is 3.40. The highest BCUT2D eigenvalue weighted by atomic mass is 16.1. The van der Waals surface area contributed by atoms with Crippen LogP contribution in [0.3, 0.4) is 0 Å². The van der Waals surface area contributed by atoms with Gasteiger partial charge in [-0.25, -0.2) is 10.0 Å². The normalized spacial score (nSPS) is 18.7. The number of carbonyl (C=O) groups excluding carboxylic acids is 1. The number of carbonyl (C=O) groups is 1. The Hall–Kier alpha value is -2.53. The first-order valence-corrected chi connectivity index (χ1v) is 8.52. The molecule has 0 spiro atoms. The van der Waals surface area contributed by atoms with Crippen LogP contribution in [0.2, 0.25) is 0 Å². The van der Waals surface area contributed by atoms with Crippen LogP contribution in [0.4, 0.5) is 0 Å². The number of Topliss-reactive ketones (excluding diaryl/α,β-unsaturated/α-hetero) is 1. The summed E-state index contributed by atoms with van der Waals surface area (Å²) >= 11 is 0. The van der Waals surface area contributed by atoms with Crippen LogP contribution in [0.5, 0.6) is 0 Å². The number of hydrazine groups is 2. The number of ketones is 1. The SMILES string of the molecule is CN1NN(CC(=O)c2ccc3ccccc3c2)CC1c1ccccc1. The molecule has 0 aromatic heterocycles. The van der Waals surface area contributed by atoms with Crippen LogP contribution in [-0.2, 0) is 0 Å².